The number of fused-ring (bicyclic) bond motifs is 1. The Hall–Kier alpha value is -3.73. The zero-order valence-electron chi connectivity index (χ0n) is 62.2. The average molecular weight is 1630 g/mol. The van der Waals surface area contributed by atoms with E-state index in [-0.39, 0.29) is 76.0 Å². The van der Waals surface area contributed by atoms with Gasteiger partial charge in [-0.25, -0.2) is 14.4 Å². The number of aliphatic hydroxyl groups excluding tert-OH is 22. The second-order valence-electron chi connectivity index (χ2n) is 31.8. The number of rotatable bonds is 26. The molecule has 0 aromatic carbocycles. The maximum atomic E-state index is 13.6. The van der Waals surface area contributed by atoms with E-state index in [0.717, 1.165) is 18.2 Å². The SMILES string of the molecule is COC1CC(C2[OH+]C3CC(O)CC(O)C3CC2O[C@@H]2O[C@H](COC(=O)C=CC3CCC(O[C@@H]4O[C@H](COC(=O)C=CC5CCC(O)C(O[C@@H]6O[C@H](CO)[C@@H](O)[C@H](O)[C@H]6O)C5)[C@@H](O)[C@H](O)[C@H]4O)C(O)C3)[C@@H](O)[C@H](O)[C@H]2O[C@@H]2O[C@H](COC(=O)C=CC3CCC(O)C(O[C@@H]4O[C@H](CO)[C@@H](O)[C@H](O)[C@H]4O)C3)[C@@H](O)[C@H](O)[C@H]2O)CCC1O. The Morgan fingerprint density at radius 2 is 0.726 bits per heavy atom. The lowest BCUT2D eigenvalue weighted by atomic mass is 9.72. The predicted octanol–water partition coefficient (Wildman–Crippen LogP) is -9.67. The lowest BCUT2D eigenvalue weighted by Crippen LogP contribution is -2.66. The fraction of sp³-hybridized carbons (Fsp3) is 0.877. The summed E-state index contributed by atoms with van der Waals surface area (Å²) in [6.45, 7) is -3.58. The van der Waals surface area contributed by atoms with E-state index in [1.807, 2.05) is 0 Å². The first-order chi connectivity index (χ1) is 53.8. The van der Waals surface area contributed by atoms with Gasteiger partial charge in [0.25, 0.3) is 0 Å². The molecular formula is C73H115O40+. The summed E-state index contributed by atoms with van der Waals surface area (Å²) in [4.78, 5) is 39.8. The number of carbonyl (C=O) groups excluding carboxylic acids is 3. The smallest absolute Gasteiger partial charge is 0.330 e. The van der Waals surface area contributed by atoms with Crippen molar-refractivity contribution in [3.05, 3.63) is 36.5 Å². The van der Waals surface area contributed by atoms with Gasteiger partial charge in [0.2, 0.25) is 0 Å². The Morgan fingerprint density at radius 1 is 0.345 bits per heavy atom. The minimum absolute atomic E-state index is 0.0207. The lowest BCUT2D eigenvalue weighted by Gasteiger charge is -2.49. The second kappa shape index (κ2) is 40.6. The molecule has 113 heavy (non-hydrogen) atoms. The van der Waals surface area contributed by atoms with E-state index < -0.39 is 302 Å². The van der Waals surface area contributed by atoms with Gasteiger partial charge < -0.3 is 183 Å². The first-order valence-corrected chi connectivity index (χ1v) is 39.0. The van der Waals surface area contributed by atoms with Crippen LogP contribution in [0.1, 0.15) is 96.3 Å². The number of hydrogen-bond donors (Lipinski definition) is 22. The molecule has 40 nitrogen and oxygen atoms in total. The summed E-state index contributed by atoms with van der Waals surface area (Å²) in [5.74, 6) is -5.11. The second-order valence-corrected chi connectivity index (χ2v) is 31.8. The van der Waals surface area contributed by atoms with E-state index in [1.54, 1.807) is 0 Å². The molecule has 11 fully saturated rings. The van der Waals surface area contributed by atoms with Crippen molar-refractivity contribution in [3.63, 3.8) is 0 Å². The molecule has 0 amide bonds. The van der Waals surface area contributed by atoms with Gasteiger partial charge in [0.05, 0.1) is 80.2 Å². The highest BCUT2D eigenvalue weighted by Gasteiger charge is 2.58. The van der Waals surface area contributed by atoms with Gasteiger partial charge in [-0.05, 0) is 101 Å². The Kier molecular flexibility index (Phi) is 32.3. The maximum Gasteiger partial charge on any atom is 0.330 e. The summed E-state index contributed by atoms with van der Waals surface area (Å²) in [5, 5.41) is 237. The van der Waals surface area contributed by atoms with Crippen LogP contribution < -0.4 is 0 Å². The first kappa shape index (κ1) is 90.0. The first-order valence-electron chi connectivity index (χ1n) is 39.0. The summed E-state index contributed by atoms with van der Waals surface area (Å²) in [5.41, 5.74) is 0. The topological polar surface area (TPSA) is 638 Å². The third-order valence-corrected chi connectivity index (χ3v) is 24.1. The van der Waals surface area contributed by atoms with E-state index >= 15 is 0 Å². The van der Waals surface area contributed by atoms with Crippen LogP contribution >= 0.6 is 0 Å². The van der Waals surface area contributed by atoms with Gasteiger partial charge in [-0.1, -0.05) is 18.2 Å². The standard InChI is InChI=1S/C73H114O40/c1-99-41-19-31(8-11-34(41)77)67-44(22-33-37(80)20-32(76)21-40(33)103-67)107-73-68(113-72-66(98)61(93)56(88)48(111-72)26-101-52(84)15-7-30-3-10-36(79)43(18-30)106-71-64(96)59(91)54(86)46(24-75)109-71)62(94)57(89)49(112-73)27-102-50(82)13-5-28-4-12-39(38(81)16-28)104-69-65(97)60(92)55(87)47(110-69)25-100-51(83)14-6-29-2-9-35(78)42(17-29)105-70-63(95)58(90)53(85)45(23-74)108-70/h5-7,13-15,28-49,53-81,85-98H,2-4,8-12,16-27H2,1H3/p+1/t28?,29?,30?,31?,32?,33?,34?,35?,36?,37?,38?,39?,40?,41?,42?,43?,44?,45-,46-,47-,48-,49-,53-,54-,55-,56-,57-,58+,59+,60+,61+,62+,63-,64-,65-,66-,67?,68-,69-,70-,71-,72+,73-/m1/s1. The molecule has 0 aromatic heterocycles. The predicted molar refractivity (Wildman–Crippen MR) is 370 cm³/mol. The van der Waals surface area contributed by atoms with Crippen molar-refractivity contribution in [1.29, 1.82) is 0 Å². The van der Waals surface area contributed by atoms with Gasteiger partial charge in [0, 0.05) is 44.1 Å². The molecule has 6 heterocycles. The van der Waals surface area contributed by atoms with Gasteiger partial charge in [-0.2, -0.15) is 0 Å². The Labute approximate surface area is 649 Å². The lowest BCUT2D eigenvalue weighted by molar-refractivity contribution is -0.387. The highest BCUT2D eigenvalue weighted by Crippen LogP contribution is 2.44. The number of hydrogen-bond acceptors (Lipinski definition) is 39. The Morgan fingerprint density at radius 3 is 1.18 bits per heavy atom. The molecule has 11 aliphatic rings. The molecular weight excluding hydrogens is 1520 g/mol. The molecule has 0 spiro atoms. The molecule has 5 aliphatic carbocycles. The van der Waals surface area contributed by atoms with Crippen LogP contribution in [0.4, 0.5) is 0 Å². The maximum absolute atomic E-state index is 13.6. The van der Waals surface area contributed by atoms with E-state index in [9.17, 15) is 127 Å². The third kappa shape index (κ3) is 21.9. The summed E-state index contributed by atoms with van der Waals surface area (Å²) in [6.07, 6.45) is -45.0. The van der Waals surface area contributed by atoms with Gasteiger partial charge in [0.1, 0.15) is 148 Å². The van der Waals surface area contributed by atoms with Crippen molar-refractivity contribution in [2.75, 3.05) is 40.1 Å². The van der Waals surface area contributed by atoms with Crippen LogP contribution in [-0.2, 0) is 80.7 Å². The van der Waals surface area contributed by atoms with E-state index in [0.29, 0.717) is 32.1 Å². The highest BCUT2D eigenvalue weighted by molar-refractivity contribution is 5.82. The molecule has 40 heteroatoms. The summed E-state index contributed by atoms with van der Waals surface area (Å²) < 4.78 is 86.6. The molecule has 43 atom stereocenters. The zero-order valence-corrected chi connectivity index (χ0v) is 62.2. The molecule has 0 aromatic rings. The normalized spacial score (nSPS) is 48.9. The average Bonchev–Trinajstić information content (AvgIpc) is 0.763. The molecule has 0 bridgehead atoms. The summed E-state index contributed by atoms with van der Waals surface area (Å²) in [7, 11) is 1.45. The minimum atomic E-state index is -2.11. The van der Waals surface area contributed by atoms with Crippen LogP contribution in [0.15, 0.2) is 36.5 Å². The zero-order chi connectivity index (χ0) is 81.5. The van der Waals surface area contributed by atoms with E-state index in [2.05, 4.69) is 0 Å². The van der Waals surface area contributed by atoms with Crippen LogP contribution in [0.5, 0.6) is 0 Å². The van der Waals surface area contributed by atoms with Crippen molar-refractivity contribution >= 4 is 17.9 Å². The van der Waals surface area contributed by atoms with Crippen molar-refractivity contribution < 1.29 is 198 Å². The van der Waals surface area contributed by atoms with Crippen LogP contribution in [0, 0.1) is 29.6 Å². The molecule has 6 saturated heterocycles. The monoisotopic (exact) mass is 1630 g/mol. The summed E-state index contributed by atoms with van der Waals surface area (Å²) in [6, 6.07) is 0. The molecule has 5 saturated carbocycles. The van der Waals surface area contributed by atoms with Crippen LogP contribution in [0.3, 0.4) is 0 Å². The quantitative estimate of drug-likeness (QED) is 0.0165. The number of aliphatic hydroxyl groups is 24. The molecule has 6 aliphatic heterocycles. The third-order valence-electron chi connectivity index (χ3n) is 24.1. The van der Waals surface area contributed by atoms with Gasteiger partial charge >= 0.3 is 17.9 Å². The van der Waals surface area contributed by atoms with Crippen LogP contribution in [-0.4, -0.2) is 408 Å². The number of carbonyl (C=O) groups is 3. The minimum Gasteiger partial charge on any atom is -0.460 e. The largest absolute Gasteiger partial charge is 0.460 e. The van der Waals surface area contributed by atoms with Crippen molar-refractivity contribution in [2.45, 2.75) is 329 Å². The number of allylic oxidation sites excluding steroid dienone is 3. The fourth-order valence-corrected chi connectivity index (χ4v) is 17.3. The molecule has 0 radical (unpaired) electrons. The molecule has 11 rings (SSSR count). The Bertz CT molecular complexity index is 3080. The van der Waals surface area contributed by atoms with Gasteiger partial charge in [-0.15, -0.1) is 0 Å². The molecule has 646 valence electrons. The molecule has 18 unspecified atom stereocenters. The number of ether oxygens (including phenoxy) is 15. The number of esters is 3. The van der Waals surface area contributed by atoms with Crippen molar-refractivity contribution in [3.8, 4) is 0 Å². The van der Waals surface area contributed by atoms with Crippen LogP contribution in [0.25, 0.3) is 0 Å². The van der Waals surface area contributed by atoms with Crippen molar-refractivity contribution in [2.24, 2.45) is 29.6 Å². The highest BCUT2D eigenvalue weighted by atomic mass is 16.8. The van der Waals surface area contributed by atoms with E-state index in [1.165, 1.54) is 25.3 Å². The van der Waals surface area contributed by atoms with Crippen molar-refractivity contribution in [1.82, 2.24) is 0 Å². The van der Waals surface area contributed by atoms with Crippen LogP contribution in [0.2, 0.25) is 0 Å². The summed E-state index contributed by atoms with van der Waals surface area (Å²) >= 11 is 0. The Balaban J connectivity index is 0.695. The fourth-order valence-electron chi connectivity index (χ4n) is 17.3. The van der Waals surface area contributed by atoms with Gasteiger partial charge in [0.15, 0.2) is 43.7 Å². The van der Waals surface area contributed by atoms with E-state index in [4.69, 9.17) is 71.1 Å². The van der Waals surface area contributed by atoms with Gasteiger partial charge in [-0.3, -0.25) is 0 Å². The molecule has 23 N–H and O–H groups in total. The number of methoxy groups -OCH3 is 1.